The minimum Gasteiger partial charge on any atom is -0.494 e. The molecule has 0 radical (unpaired) electrons. The van der Waals surface area contributed by atoms with E-state index in [1.807, 2.05) is 6.07 Å². The van der Waals surface area contributed by atoms with Crippen LogP contribution in [0.4, 0.5) is 0 Å². The summed E-state index contributed by atoms with van der Waals surface area (Å²) in [5, 5.41) is 0.574. The molecular weight excluding hydrogens is 254 g/mol. The van der Waals surface area contributed by atoms with Gasteiger partial charge in [-0.25, -0.2) is 0 Å². The second kappa shape index (κ2) is 6.09. The second-order valence-corrected chi connectivity index (χ2v) is 5.19. The topological polar surface area (TPSA) is 42.7 Å². The van der Waals surface area contributed by atoms with Gasteiger partial charge in [-0.05, 0) is 50.6 Å². The van der Waals surface area contributed by atoms with Crippen molar-refractivity contribution >= 4 is 11.0 Å². The van der Waals surface area contributed by atoms with Gasteiger partial charge in [0.15, 0.2) is 5.43 Å². The third-order valence-corrected chi connectivity index (χ3v) is 3.72. The molecule has 1 aromatic heterocycles. The lowest BCUT2D eigenvalue weighted by molar-refractivity contribution is 0.263. The summed E-state index contributed by atoms with van der Waals surface area (Å²) >= 11 is 0. The molecule has 1 aromatic carbocycles. The number of fused-ring (bicyclic) bond motifs is 1. The number of nitrogens with zero attached hydrogens (tertiary/aromatic N) is 1. The summed E-state index contributed by atoms with van der Waals surface area (Å²) in [5.41, 5.74) is 0.565. The Morgan fingerprint density at radius 1 is 1.20 bits per heavy atom. The van der Waals surface area contributed by atoms with Crippen LogP contribution < -0.4 is 10.2 Å². The number of hydrogen-bond donors (Lipinski definition) is 0. The smallest absolute Gasteiger partial charge is 0.192 e. The van der Waals surface area contributed by atoms with E-state index in [4.69, 9.17) is 9.15 Å². The summed E-state index contributed by atoms with van der Waals surface area (Å²) in [4.78, 5) is 14.2. The van der Waals surface area contributed by atoms with Crippen LogP contribution in [0, 0.1) is 0 Å². The molecule has 4 nitrogen and oxygen atoms in total. The maximum atomic E-state index is 11.7. The first-order chi connectivity index (χ1) is 9.83. The van der Waals surface area contributed by atoms with E-state index in [0.29, 0.717) is 17.6 Å². The van der Waals surface area contributed by atoms with E-state index < -0.39 is 0 Å². The molecule has 1 saturated heterocycles. The van der Waals surface area contributed by atoms with Crippen LogP contribution >= 0.6 is 0 Å². The van der Waals surface area contributed by atoms with Gasteiger partial charge in [0.1, 0.15) is 11.3 Å². The van der Waals surface area contributed by atoms with Gasteiger partial charge >= 0.3 is 0 Å². The lowest BCUT2D eigenvalue weighted by atomic mass is 10.2. The molecule has 0 unspecified atom stereocenters. The maximum absolute atomic E-state index is 11.7. The minimum atomic E-state index is -0.0335. The van der Waals surface area contributed by atoms with Crippen molar-refractivity contribution in [2.45, 2.75) is 19.3 Å². The summed E-state index contributed by atoms with van der Waals surface area (Å²) < 4.78 is 11.0. The summed E-state index contributed by atoms with van der Waals surface area (Å²) in [6, 6.07) is 6.82. The van der Waals surface area contributed by atoms with Crippen molar-refractivity contribution in [3.05, 3.63) is 40.8 Å². The van der Waals surface area contributed by atoms with E-state index >= 15 is 0 Å². The zero-order chi connectivity index (χ0) is 13.8. The SMILES string of the molecule is O=c1ccoc2ccc(OCCCN3CCCC3)cc12. The molecule has 20 heavy (non-hydrogen) atoms. The molecule has 1 aliphatic heterocycles. The molecule has 2 heterocycles. The van der Waals surface area contributed by atoms with Gasteiger partial charge < -0.3 is 14.1 Å². The summed E-state index contributed by atoms with van der Waals surface area (Å²) in [6.07, 6.45) is 5.07. The van der Waals surface area contributed by atoms with Crippen LogP contribution in [0.2, 0.25) is 0 Å². The summed E-state index contributed by atoms with van der Waals surface area (Å²) in [7, 11) is 0. The first-order valence-corrected chi connectivity index (χ1v) is 7.20. The first kappa shape index (κ1) is 13.2. The molecule has 0 N–H and O–H groups in total. The van der Waals surface area contributed by atoms with Crippen LogP contribution in [-0.2, 0) is 0 Å². The highest BCUT2D eigenvalue weighted by atomic mass is 16.5. The molecule has 0 saturated carbocycles. The Morgan fingerprint density at radius 3 is 2.90 bits per heavy atom. The Hall–Kier alpha value is -1.81. The molecule has 1 aliphatic rings. The molecule has 0 bridgehead atoms. The highest BCUT2D eigenvalue weighted by Gasteiger charge is 2.10. The fourth-order valence-corrected chi connectivity index (χ4v) is 2.64. The number of hydrogen-bond acceptors (Lipinski definition) is 4. The Bertz CT molecular complexity index is 629. The Labute approximate surface area is 118 Å². The van der Waals surface area contributed by atoms with Crippen molar-refractivity contribution in [1.29, 1.82) is 0 Å². The standard InChI is InChI=1S/C16H19NO3/c18-15-6-11-20-16-5-4-13(12-14(15)16)19-10-3-9-17-7-1-2-8-17/h4-6,11-12H,1-3,7-10H2. The minimum absolute atomic E-state index is 0.0335. The molecule has 3 rings (SSSR count). The molecule has 1 fully saturated rings. The molecule has 0 amide bonds. The van der Waals surface area contributed by atoms with E-state index in [9.17, 15) is 4.79 Å². The van der Waals surface area contributed by atoms with Gasteiger partial charge in [-0.2, -0.15) is 0 Å². The number of rotatable bonds is 5. The lowest BCUT2D eigenvalue weighted by Gasteiger charge is -2.14. The largest absolute Gasteiger partial charge is 0.494 e. The van der Waals surface area contributed by atoms with E-state index in [-0.39, 0.29) is 5.43 Å². The predicted octanol–water partition coefficient (Wildman–Crippen LogP) is 2.66. The third-order valence-electron chi connectivity index (χ3n) is 3.72. The molecule has 2 aromatic rings. The second-order valence-electron chi connectivity index (χ2n) is 5.19. The average molecular weight is 273 g/mol. The lowest BCUT2D eigenvalue weighted by Crippen LogP contribution is -2.21. The van der Waals surface area contributed by atoms with Gasteiger partial charge in [0.2, 0.25) is 0 Å². The van der Waals surface area contributed by atoms with Crippen molar-refractivity contribution < 1.29 is 9.15 Å². The van der Waals surface area contributed by atoms with Crippen LogP contribution in [0.25, 0.3) is 11.0 Å². The molecular formula is C16H19NO3. The zero-order valence-corrected chi connectivity index (χ0v) is 11.5. The molecule has 4 heteroatoms. The summed E-state index contributed by atoms with van der Waals surface area (Å²) in [5.74, 6) is 0.734. The van der Waals surface area contributed by atoms with Gasteiger partial charge in [-0.3, -0.25) is 4.79 Å². The van der Waals surface area contributed by atoms with Crippen LogP contribution in [0.1, 0.15) is 19.3 Å². The van der Waals surface area contributed by atoms with Gasteiger partial charge in [0.25, 0.3) is 0 Å². The summed E-state index contributed by atoms with van der Waals surface area (Å²) in [6.45, 7) is 4.21. The fourth-order valence-electron chi connectivity index (χ4n) is 2.64. The van der Waals surface area contributed by atoms with E-state index in [1.54, 1.807) is 12.1 Å². The van der Waals surface area contributed by atoms with E-state index in [2.05, 4.69) is 4.90 Å². The van der Waals surface area contributed by atoms with Gasteiger partial charge in [0, 0.05) is 12.6 Å². The number of benzene rings is 1. The first-order valence-electron chi connectivity index (χ1n) is 7.20. The van der Waals surface area contributed by atoms with Crippen LogP contribution in [0.15, 0.2) is 39.7 Å². The maximum Gasteiger partial charge on any atom is 0.192 e. The Morgan fingerprint density at radius 2 is 2.05 bits per heavy atom. The molecule has 106 valence electrons. The van der Waals surface area contributed by atoms with Crippen molar-refractivity contribution in [1.82, 2.24) is 4.90 Å². The predicted molar refractivity (Wildman–Crippen MR) is 78.3 cm³/mol. The zero-order valence-electron chi connectivity index (χ0n) is 11.5. The van der Waals surface area contributed by atoms with Gasteiger partial charge in [-0.1, -0.05) is 0 Å². The highest BCUT2D eigenvalue weighted by molar-refractivity contribution is 5.77. The average Bonchev–Trinajstić information content (AvgIpc) is 2.98. The molecule has 0 atom stereocenters. The monoisotopic (exact) mass is 273 g/mol. The van der Waals surface area contributed by atoms with Gasteiger partial charge in [-0.15, -0.1) is 0 Å². The normalized spacial score (nSPS) is 15.8. The molecule has 0 spiro atoms. The van der Waals surface area contributed by atoms with Crippen molar-refractivity contribution in [3.63, 3.8) is 0 Å². The van der Waals surface area contributed by atoms with Crippen molar-refractivity contribution in [2.24, 2.45) is 0 Å². The van der Waals surface area contributed by atoms with Crippen LogP contribution in [0.3, 0.4) is 0 Å². The fraction of sp³-hybridized carbons (Fsp3) is 0.438. The van der Waals surface area contributed by atoms with Gasteiger partial charge in [0.05, 0.1) is 18.3 Å². The van der Waals surface area contributed by atoms with Crippen LogP contribution in [-0.4, -0.2) is 31.1 Å². The number of ether oxygens (including phenoxy) is 1. The van der Waals surface area contributed by atoms with Crippen molar-refractivity contribution in [2.75, 3.05) is 26.2 Å². The van der Waals surface area contributed by atoms with Crippen LogP contribution in [0.5, 0.6) is 5.75 Å². The number of likely N-dealkylation sites (tertiary alicyclic amines) is 1. The Balaban J connectivity index is 1.57. The van der Waals surface area contributed by atoms with E-state index in [0.717, 1.165) is 18.7 Å². The quantitative estimate of drug-likeness (QED) is 0.785. The third kappa shape index (κ3) is 3.02. The highest BCUT2D eigenvalue weighted by Crippen LogP contribution is 2.18. The van der Waals surface area contributed by atoms with Crippen molar-refractivity contribution in [3.8, 4) is 5.75 Å². The Kier molecular flexibility index (Phi) is 4.02. The van der Waals surface area contributed by atoms with E-state index in [1.165, 1.54) is 38.3 Å². The molecule has 0 aliphatic carbocycles.